The second kappa shape index (κ2) is 8.60. The van der Waals surface area contributed by atoms with Gasteiger partial charge in [0, 0.05) is 35.9 Å². The third-order valence-corrected chi connectivity index (χ3v) is 7.00. The number of carbonyl (C=O) groups excluding carboxylic acids is 2. The molecule has 2 aromatic carbocycles. The first-order valence-corrected chi connectivity index (χ1v) is 11.7. The maximum absolute atomic E-state index is 14.2. The van der Waals surface area contributed by atoms with Gasteiger partial charge in [0.2, 0.25) is 5.43 Å². The van der Waals surface area contributed by atoms with Crippen molar-refractivity contribution < 1.29 is 23.5 Å². The van der Waals surface area contributed by atoms with Crippen LogP contribution in [0.15, 0.2) is 45.8 Å². The van der Waals surface area contributed by atoms with Gasteiger partial charge < -0.3 is 19.9 Å². The Morgan fingerprint density at radius 2 is 1.91 bits per heavy atom. The Bertz CT molecular complexity index is 1450. The minimum Gasteiger partial charge on any atom is -0.503 e. The van der Waals surface area contributed by atoms with Gasteiger partial charge in [0.25, 0.3) is 11.8 Å². The third kappa shape index (κ3) is 3.91. The van der Waals surface area contributed by atoms with Crippen LogP contribution < -0.4 is 10.7 Å². The van der Waals surface area contributed by atoms with Crippen molar-refractivity contribution in [2.75, 3.05) is 13.1 Å². The number of aromatic hydroxyl groups is 1. The second-order valence-corrected chi connectivity index (χ2v) is 9.64. The highest BCUT2D eigenvalue weighted by atomic mass is 79.9. The van der Waals surface area contributed by atoms with E-state index in [4.69, 9.17) is 0 Å². The van der Waals surface area contributed by atoms with Crippen molar-refractivity contribution in [2.45, 2.75) is 25.9 Å². The van der Waals surface area contributed by atoms with E-state index in [-0.39, 0.29) is 11.3 Å². The number of hydrogen-bond acceptors (Lipinski definition) is 4. The molecule has 0 saturated heterocycles. The Balaban J connectivity index is 1.56. The molecule has 0 unspecified atom stereocenters. The van der Waals surface area contributed by atoms with E-state index >= 15 is 0 Å². The molecule has 1 atom stereocenters. The predicted octanol–water partition coefficient (Wildman–Crippen LogP) is 3.43. The van der Waals surface area contributed by atoms with Crippen LogP contribution >= 0.6 is 15.9 Å². The lowest BCUT2D eigenvalue weighted by Gasteiger charge is -2.35. The van der Waals surface area contributed by atoms with Crippen LogP contribution in [0.3, 0.4) is 0 Å². The molecule has 1 aromatic heterocycles. The first kappa shape index (κ1) is 23.2. The molecule has 0 fully saturated rings. The monoisotopic (exact) mass is 543 g/mol. The SMILES string of the molecule is Cc1cc(F)c(CNC(=O)c2cn3c(c(O)c2=O)C(=O)N2CCc4ccc(Br)cc4[C@H]3C2)c(F)c1. The minimum absolute atomic E-state index is 0.189. The van der Waals surface area contributed by atoms with Crippen molar-refractivity contribution >= 4 is 27.7 Å². The van der Waals surface area contributed by atoms with Crippen molar-refractivity contribution in [2.24, 2.45) is 0 Å². The van der Waals surface area contributed by atoms with E-state index in [9.17, 15) is 28.3 Å². The molecule has 10 heteroatoms. The normalized spacial score (nSPS) is 16.4. The fraction of sp³-hybridized carbons (Fsp3) is 0.240. The molecule has 2 amide bonds. The summed E-state index contributed by atoms with van der Waals surface area (Å²) in [6, 6.07) is 7.61. The first-order chi connectivity index (χ1) is 16.7. The number of pyridine rings is 1. The number of hydrogen-bond donors (Lipinski definition) is 2. The smallest absolute Gasteiger partial charge is 0.274 e. The van der Waals surface area contributed by atoms with Gasteiger partial charge in [0.05, 0.1) is 6.04 Å². The molecule has 180 valence electrons. The van der Waals surface area contributed by atoms with Crippen LogP contribution in [0.2, 0.25) is 0 Å². The Labute approximate surface area is 207 Å². The van der Waals surface area contributed by atoms with E-state index in [0.29, 0.717) is 25.1 Å². The summed E-state index contributed by atoms with van der Waals surface area (Å²) in [6.07, 6.45) is 1.84. The first-order valence-electron chi connectivity index (χ1n) is 10.9. The number of benzene rings is 2. The predicted molar refractivity (Wildman–Crippen MR) is 127 cm³/mol. The lowest BCUT2D eigenvalue weighted by molar-refractivity contribution is 0.0686. The molecular formula is C25H20BrF2N3O4. The largest absolute Gasteiger partial charge is 0.503 e. The minimum atomic E-state index is -1.03. The van der Waals surface area contributed by atoms with E-state index in [2.05, 4.69) is 21.2 Å². The van der Waals surface area contributed by atoms with E-state index in [0.717, 1.165) is 27.7 Å². The number of aryl methyl sites for hydroxylation is 1. The van der Waals surface area contributed by atoms with Gasteiger partial charge in [-0.05, 0) is 54.3 Å². The number of aromatic nitrogens is 1. The summed E-state index contributed by atoms with van der Waals surface area (Å²) in [5, 5.41) is 13.1. The van der Waals surface area contributed by atoms with Gasteiger partial charge in [0.1, 0.15) is 17.2 Å². The number of carbonyl (C=O) groups is 2. The highest BCUT2D eigenvalue weighted by Gasteiger charge is 2.38. The molecule has 3 aromatic rings. The fourth-order valence-electron chi connectivity index (χ4n) is 4.73. The van der Waals surface area contributed by atoms with E-state index in [1.807, 2.05) is 18.2 Å². The Morgan fingerprint density at radius 3 is 2.63 bits per heavy atom. The van der Waals surface area contributed by atoms with Crippen molar-refractivity contribution in [1.29, 1.82) is 0 Å². The Kier molecular flexibility index (Phi) is 5.71. The van der Waals surface area contributed by atoms with Gasteiger partial charge in [-0.2, -0.15) is 0 Å². The molecule has 2 N–H and O–H groups in total. The molecule has 7 nitrogen and oxygen atoms in total. The van der Waals surface area contributed by atoms with Crippen molar-refractivity contribution in [3.8, 4) is 5.75 Å². The van der Waals surface area contributed by atoms with Crippen LogP contribution in [0.5, 0.6) is 5.75 Å². The molecule has 0 spiro atoms. The summed E-state index contributed by atoms with van der Waals surface area (Å²) in [5.74, 6) is -3.89. The molecule has 0 saturated carbocycles. The molecule has 35 heavy (non-hydrogen) atoms. The van der Waals surface area contributed by atoms with E-state index < -0.39 is 52.8 Å². The summed E-state index contributed by atoms with van der Waals surface area (Å²) in [6.45, 7) is 1.77. The molecule has 0 radical (unpaired) electrons. The molecule has 3 heterocycles. The van der Waals surface area contributed by atoms with Crippen LogP contribution in [-0.4, -0.2) is 39.5 Å². The van der Waals surface area contributed by atoms with Gasteiger partial charge in [-0.3, -0.25) is 14.4 Å². The zero-order chi connectivity index (χ0) is 25.0. The summed E-state index contributed by atoms with van der Waals surface area (Å²) >= 11 is 3.47. The van der Waals surface area contributed by atoms with Crippen molar-refractivity contribution in [3.63, 3.8) is 0 Å². The average Bonchev–Trinajstić information content (AvgIpc) is 2.96. The van der Waals surface area contributed by atoms with Gasteiger partial charge in [-0.25, -0.2) is 8.78 Å². The van der Waals surface area contributed by atoms with E-state index in [1.54, 1.807) is 4.90 Å². The fourth-order valence-corrected chi connectivity index (χ4v) is 5.11. The number of nitrogens with zero attached hydrogens (tertiary/aromatic N) is 2. The number of rotatable bonds is 3. The van der Waals surface area contributed by atoms with Gasteiger partial charge in [-0.15, -0.1) is 0 Å². The molecule has 0 aliphatic carbocycles. The molecule has 2 bridgehead atoms. The summed E-state index contributed by atoms with van der Waals surface area (Å²) in [4.78, 5) is 40.4. The molecule has 2 aliphatic rings. The molecule has 5 rings (SSSR count). The summed E-state index contributed by atoms with van der Waals surface area (Å²) in [7, 11) is 0. The molecule has 2 aliphatic heterocycles. The van der Waals surface area contributed by atoms with E-state index in [1.165, 1.54) is 17.7 Å². The summed E-state index contributed by atoms with van der Waals surface area (Å²) in [5.41, 5.74) is 0.306. The van der Waals surface area contributed by atoms with Gasteiger partial charge in [-0.1, -0.05) is 22.0 Å². The quantitative estimate of drug-likeness (QED) is 0.529. The van der Waals surface area contributed by atoms with Crippen LogP contribution in [-0.2, 0) is 13.0 Å². The van der Waals surface area contributed by atoms with Crippen molar-refractivity contribution in [3.05, 3.63) is 96.4 Å². The standard InChI is InChI=1S/C25H20BrF2N3O4/c1-12-6-18(27)16(19(28)7-12)9-29-24(34)17-10-31-20-11-30(25(35)21(31)23(33)22(17)32)5-4-13-2-3-14(26)8-15(13)20/h2-3,6-8,10,20,33H,4-5,9,11H2,1H3,(H,29,34)/t20-/m1/s1. The van der Waals surface area contributed by atoms with Crippen molar-refractivity contribution in [1.82, 2.24) is 14.8 Å². The highest BCUT2D eigenvalue weighted by Crippen LogP contribution is 2.36. The summed E-state index contributed by atoms with van der Waals surface area (Å²) < 4.78 is 30.6. The van der Waals surface area contributed by atoms with Crippen LogP contribution in [0, 0.1) is 18.6 Å². The van der Waals surface area contributed by atoms with Crippen LogP contribution in [0.4, 0.5) is 8.78 Å². The number of halogens is 3. The van der Waals surface area contributed by atoms with Gasteiger partial charge in [0.15, 0.2) is 11.4 Å². The Hall–Kier alpha value is -3.53. The highest BCUT2D eigenvalue weighted by molar-refractivity contribution is 9.10. The third-order valence-electron chi connectivity index (χ3n) is 6.50. The number of amides is 2. The zero-order valence-corrected chi connectivity index (χ0v) is 20.2. The maximum atomic E-state index is 14.2. The maximum Gasteiger partial charge on any atom is 0.274 e. The molecular weight excluding hydrogens is 524 g/mol. The number of nitrogens with one attached hydrogen (secondary N) is 1. The lowest BCUT2D eigenvalue weighted by atomic mass is 9.97. The average molecular weight is 544 g/mol. The lowest BCUT2D eigenvalue weighted by Crippen LogP contribution is -2.45. The van der Waals surface area contributed by atoms with Gasteiger partial charge >= 0.3 is 0 Å². The number of fused-ring (bicyclic) bond motifs is 6. The second-order valence-electron chi connectivity index (χ2n) is 8.73. The van der Waals surface area contributed by atoms with Crippen LogP contribution in [0.25, 0.3) is 0 Å². The Morgan fingerprint density at radius 1 is 1.20 bits per heavy atom. The zero-order valence-electron chi connectivity index (χ0n) is 18.6. The topological polar surface area (TPSA) is 91.6 Å². The van der Waals surface area contributed by atoms with Crippen LogP contribution in [0.1, 0.15) is 49.1 Å².